The van der Waals surface area contributed by atoms with Crippen LogP contribution >= 0.6 is 0 Å². The van der Waals surface area contributed by atoms with Crippen molar-refractivity contribution in [3.63, 3.8) is 0 Å². The predicted octanol–water partition coefficient (Wildman–Crippen LogP) is 4.59. The van der Waals surface area contributed by atoms with Crippen LogP contribution in [0.5, 0.6) is 11.5 Å². The van der Waals surface area contributed by atoms with Gasteiger partial charge in [0.15, 0.2) is 6.61 Å². The molecule has 0 radical (unpaired) electrons. The maximum absolute atomic E-state index is 11.9. The molecule has 0 N–H and O–H groups in total. The minimum Gasteiger partial charge on any atom is -0.482 e. The van der Waals surface area contributed by atoms with E-state index >= 15 is 0 Å². The van der Waals surface area contributed by atoms with Crippen molar-refractivity contribution >= 4 is 5.97 Å². The van der Waals surface area contributed by atoms with Gasteiger partial charge in [-0.05, 0) is 48.6 Å². The van der Waals surface area contributed by atoms with E-state index in [1.165, 1.54) is 5.56 Å². The molecule has 0 heterocycles. The summed E-state index contributed by atoms with van der Waals surface area (Å²) in [4.78, 5) is 11.9. The van der Waals surface area contributed by atoms with Crippen LogP contribution < -0.4 is 9.47 Å². The SMILES string of the molecule is Cc1ccc(OCC(=O)Oc2ccc(C(C)(C)C)cc2)c(C)c1. The summed E-state index contributed by atoms with van der Waals surface area (Å²) < 4.78 is 10.8. The van der Waals surface area contributed by atoms with Gasteiger partial charge in [0.1, 0.15) is 11.5 Å². The number of hydrogen-bond donors (Lipinski definition) is 0. The molecule has 0 aliphatic heterocycles. The zero-order chi connectivity index (χ0) is 17.0. The quantitative estimate of drug-likeness (QED) is 0.612. The Morgan fingerprint density at radius 3 is 2.22 bits per heavy atom. The highest BCUT2D eigenvalue weighted by Gasteiger charge is 2.14. The van der Waals surface area contributed by atoms with E-state index in [0.29, 0.717) is 11.5 Å². The molecule has 0 aliphatic carbocycles. The molecule has 0 bridgehead atoms. The largest absolute Gasteiger partial charge is 0.482 e. The first kappa shape index (κ1) is 17.1. The minimum atomic E-state index is -0.409. The van der Waals surface area contributed by atoms with Crippen LogP contribution in [0, 0.1) is 13.8 Å². The van der Waals surface area contributed by atoms with Crippen LogP contribution in [-0.2, 0) is 10.2 Å². The summed E-state index contributed by atoms with van der Waals surface area (Å²) in [6, 6.07) is 13.4. The Kier molecular flexibility index (Phi) is 5.09. The molecule has 0 atom stereocenters. The summed E-state index contributed by atoms with van der Waals surface area (Å²) in [7, 11) is 0. The summed E-state index contributed by atoms with van der Waals surface area (Å²) in [6.45, 7) is 10.3. The summed E-state index contributed by atoms with van der Waals surface area (Å²) in [5.74, 6) is 0.830. The van der Waals surface area contributed by atoms with E-state index in [1.54, 1.807) is 0 Å². The molecule has 0 spiro atoms. The van der Waals surface area contributed by atoms with Gasteiger partial charge in [0.2, 0.25) is 0 Å². The molecular formula is C20H24O3. The van der Waals surface area contributed by atoms with Gasteiger partial charge in [-0.25, -0.2) is 4.79 Å². The monoisotopic (exact) mass is 312 g/mol. The van der Waals surface area contributed by atoms with Crippen LogP contribution in [-0.4, -0.2) is 12.6 Å². The highest BCUT2D eigenvalue weighted by atomic mass is 16.6. The van der Waals surface area contributed by atoms with Crippen molar-refractivity contribution in [2.45, 2.75) is 40.0 Å². The Labute approximate surface area is 138 Å². The van der Waals surface area contributed by atoms with Gasteiger partial charge in [-0.3, -0.25) is 0 Å². The highest BCUT2D eigenvalue weighted by molar-refractivity contribution is 5.74. The molecule has 0 fully saturated rings. The van der Waals surface area contributed by atoms with Crippen molar-refractivity contribution in [1.29, 1.82) is 0 Å². The average molecular weight is 312 g/mol. The van der Waals surface area contributed by atoms with E-state index in [2.05, 4.69) is 20.8 Å². The van der Waals surface area contributed by atoms with E-state index in [-0.39, 0.29) is 12.0 Å². The molecule has 0 amide bonds. The van der Waals surface area contributed by atoms with Crippen LogP contribution in [0.25, 0.3) is 0 Å². The van der Waals surface area contributed by atoms with Gasteiger partial charge in [0, 0.05) is 0 Å². The summed E-state index contributed by atoms with van der Waals surface area (Å²) in [5.41, 5.74) is 3.45. The van der Waals surface area contributed by atoms with Crippen molar-refractivity contribution in [3.8, 4) is 11.5 Å². The summed E-state index contributed by atoms with van der Waals surface area (Å²) in [6.07, 6.45) is 0. The fourth-order valence-electron chi connectivity index (χ4n) is 2.28. The lowest BCUT2D eigenvalue weighted by molar-refractivity contribution is -0.136. The molecule has 2 aromatic rings. The zero-order valence-electron chi connectivity index (χ0n) is 14.5. The molecule has 2 rings (SSSR count). The Bertz CT molecular complexity index is 679. The van der Waals surface area contributed by atoms with E-state index in [4.69, 9.17) is 9.47 Å². The van der Waals surface area contributed by atoms with Crippen molar-refractivity contribution in [3.05, 3.63) is 59.2 Å². The summed E-state index contributed by atoms with van der Waals surface area (Å²) in [5, 5.41) is 0. The molecule has 2 aromatic carbocycles. The Hall–Kier alpha value is -2.29. The van der Waals surface area contributed by atoms with Crippen LogP contribution in [0.1, 0.15) is 37.5 Å². The number of carbonyl (C=O) groups is 1. The number of ether oxygens (including phenoxy) is 2. The number of aryl methyl sites for hydroxylation is 2. The Morgan fingerprint density at radius 1 is 1.00 bits per heavy atom. The van der Waals surface area contributed by atoms with Gasteiger partial charge < -0.3 is 9.47 Å². The second-order valence-corrected chi connectivity index (χ2v) is 6.81. The van der Waals surface area contributed by atoms with Crippen LogP contribution in [0.4, 0.5) is 0 Å². The van der Waals surface area contributed by atoms with Gasteiger partial charge in [-0.2, -0.15) is 0 Å². The molecule has 3 nitrogen and oxygen atoms in total. The number of carbonyl (C=O) groups excluding carboxylic acids is 1. The lowest BCUT2D eigenvalue weighted by Gasteiger charge is -2.19. The predicted molar refractivity (Wildman–Crippen MR) is 92.2 cm³/mol. The highest BCUT2D eigenvalue weighted by Crippen LogP contribution is 2.24. The van der Waals surface area contributed by atoms with Crippen LogP contribution in [0.2, 0.25) is 0 Å². The second-order valence-electron chi connectivity index (χ2n) is 6.81. The van der Waals surface area contributed by atoms with Gasteiger partial charge in [0.05, 0.1) is 0 Å². The van der Waals surface area contributed by atoms with Crippen LogP contribution in [0.15, 0.2) is 42.5 Å². The van der Waals surface area contributed by atoms with Gasteiger partial charge >= 0.3 is 5.97 Å². The van der Waals surface area contributed by atoms with Crippen molar-refractivity contribution < 1.29 is 14.3 Å². The van der Waals surface area contributed by atoms with Crippen molar-refractivity contribution in [1.82, 2.24) is 0 Å². The molecule has 0 aromatic heterocycles. The molecule has 122 valence electrons. The molecule has 23 heavy (non-hydrogen) atoms. The first-order valence-electron chi connectivity index (χ1n) is 7.77. The molecular weight excluding hydrogens is 288 g/mol. The maximum Gasteiger partial charge on any atom is 0.349 e. The second kappa shape index (κ2) is 6.86. The molecule has 0 saturated heterocycles. The standard InChI is InChI=1S/C20H24O3/c1-14-6-11-18(15(2)12-14)22-13-19(21)23-17-9-7-16(8-10-17)20(3,4)5/h6-12H,13H2,1-5H3. The van der Waals surface area contributed by atoms with Crippen molar-refractivity contribution in [2.75, 3.05) is 6.61 Å². The summed E-state index contributed by atoms with van der Waals surface area (Å²) >= 11 is 0. The van der Waals surface area contributed by atoms with Gasteiger partial charge in [-0.1, -0.05) is 50.6 Å². The number of esters is 1. The average Bonchev–Trinajstić information content (AvgIpc) is 2.46. The van der Waals surface area contributed by atoms with E-state index in [1.807, 2.05) is 56.3 Å². The number of benzene rings is 2. The molecule has 0 unspecified atom stereocenters. The molecule has 3 heteroatoms. The first-order chi connectivity index (χ1) is 10.8. The maximum atomic E-state index is 11.9. The Morgan fingerprint density at radius 2 is 1.65 bits per heavy atom. The third-order valence-electron chi connectivity index (χ3n) is 3.63. The zero-order valence-corrected chi connectivity index (χ0v) is 14.5. The Balaban J connectivity index is 1.92. The normalized spacial score (nSPS) is 11.2. The number of hydrogen-bond acceptors (Lipinski definition) is 3. The van der Waals surface area contributed by atoms with Gasteiger partial charge in [-0.15, -0.1) is 0 Å². The lowest BCUT2D eigenvalue weighted by Crippen LogP contribution is -2.18. The third-order valence-corrected chi connectivity index (χ3v) is 3.63. The van der Waals surface area contributed by atoms with Crippen molar-refractivity contribution in [2.24, 2.45) is 0 Å². The topological polar surface area (TPSA) is 35.5 Å². The van der Waals surface area contributed by atoms with E-state index in [9.17, 15) is 4.79 Å². The number of rotatable bonds is 4. The minimum absolute atomic E-state index is 0.0780. The van der Waals surface area contributed by atoms with E-state index in [0.717, 1.165) is 11.1 Å². The lowest BCUT2D eigenvalue weighted by atomic mass is 9.87. The fourth-order valence-corrected chi connectivity index (χ4v) is 2.28. The third kappa shape index (κ3) is 4.85. The molecule has 0 aliphatic rings. The van der Waals surface area contributed by atoms with E-state index < -0.39 is 5.97 Å². The first-order valence-corrected chi connectivity index (χ1v) is 7.77. The van der Waals surface area contributed by atoms with Crippen LogP contribution in [0.3, 0.4) is 0 Å². The van der Waals surface area contributed by atoms with Gasteiger partial charge in [0.25, 0.3) is 0 Å². The smallest absolute Gasteiger partial charge is 0.349 e. The molecule has 0 saturated carbocycles. The fraction of sp³-hybridized carbons (Fsp3) is 0.350.